The van der Waals surface area contributed by atoms with Crippen molar-refractivity contribution in [2.24, 2.45) is 5.73 Å². The van der Waals surface area contributed by atoms with Gasteiger partial charge < -0.3 is 15.6 Å². The molecule has 0 amide bonds. The Kier molecular flexibility index (Phi) is 2.20. The highest BCUT2D eigenvalue weighted by atomic mass is 16.5. The lowest BCUT2D eigenvalue weighted by Crippen LogP contribution is -2.31. The lowest BCUT2D eigenvalue weighted by molar-refractivity contribution is 0.0888. The third-order valence-corrected chi connectivity index (χ3v) is 2.33. The Morgan fingerprint density at radius 2 is 2.23 bits per heavy atom. The molecular formula is C10H13NO2. The molecule has 2 rings (SSSR count). The average Bonchev–Trinajstić information content (AvgIpc) is 2.18. The number of rotatable bonds is 1. The van der Waals surface area contributed by atoms with E-state index in [1.54, 1.807) is 0 Å². The summed E-state index contributed by atoms with van der Waals surface area (Å²) in [5, 5.41) is 8.95. The smallest absolute Gasteiger partial charge is 0.124 e. The molecule has 1 aromatic rings. The van der Waals surface area contributed by atoms with Crippen molar-refractivity contribution >= 4 is 0 Å². The van der Waals surface area contributed by atoms with Gasteiger partial charge in [0.1, 0.15) is 11.9 Å². The van der Waals surface area contributed by atoms with Gasteiger partial charge in [-0.3, -0.25) is 0 Å². The third-order valence-electron chi connectivity index (χ3n) is 2.33. The van der Waals surface area contributed by atoms with E-state index < -0.39 is 0 Å². The fourth-order valence-corrected chi connectivity index (χ4v) is 1.64. The van der Waals surface area contributed by atoms with Crippen LogP contribution in [-0.2, 0) is 0 Å². The van der Waals surface area contributed by atoms with Crippen LogP contribution in [0, 0.1) is 0 Å². The minimum Gasteiger partial charge on any atom is -0.488 e. The molecule has 13 heavy (non-hydrogen) atoms. The van der Waals surface area contributed by atoms with Crippen LogP contribution in [0.1, 0.15) is 18.0 Å². The van der Waals surface area contributed by atoms with E-state index >= 15 is 0 Å². The Morgan fingerprint density at radius 1 is 1.46 bits per heavy atom. The summed E-state index contributed by atoms with van der Waals surface area (Å²) in [5.74, 6) is 0.806. The molecule has 0 aliphatic carbocycles. The molecule has 3 heteroatoms. The van der Waals surface area contributed by atoms with E-state index in [2.05, 4.69) is 0 Å². The SMILES string of the molecule is N[C@@H]1CC(CO)Oc2ccccc21. The number of fused-ring (bicyclic) bond motifs is 1. The van der Waals surface area contributed by atoms with Crippen LogP contribution in [0.5, 0.6) is 5.75 Å². The number of hydrogen-bond donors (Lipinski definition) is 2. The highest BCUT2D eigenvalue weighted by molar-refractivity contribution is 5.37. The second kappa shape index (κ2) is 3.36. The summed E-state index contributed by atoms with van der Waals surface area (Å²) in [6.07, 6.45) is 0.540. The van der Waals surface area contributed by atoms with Gasteiger partial charge in [-0.25, -0.2) is 0 Å². The average molecular weight is 179 g/mol. The molecule has 2 atom stereocenters. The van der Waals surface area contributed by atoms with E-state index in [1.807, 2.05) is 24.3 Å². The normalized spacial score (nSPS) is 26.3. The molecule has 0 fully saturated rings. The van der Waals surface area contributed by atoms with Gasteiger partial charge in [-0.05, 0) is 6.07 Å². The maximum Gasteiger partial charge on any atom is 0.124 e. The molecule has 3 N–H and O–H groups in total. The second-order valence-corrected chi connectivity index (χ2v) is 3.30. The summed E-state index contributed by atoms with van der Waals surface area (Å²) in [6.45, 7) is 0.0298. The molecule has 0 spiro atoms. The van der Waals surface area contributed by atoms with Crippen LogP contribution in [0.3, 0.4) is 0 Å². The highest BCUT2D eigenvalue weighted by Crippen LogP contribution is 2.32. The molecule has 1 aromatic carbocycles. The molecule has 0 saturated heterocycles. The molecule has 1 unspecified atom stereocenters. The Morgan fingerprint density at radius 3 is 3.00 bits per heavy atom. The van der Waals surface area contributed by atoms with Gasteiger partial charge in [0.2, 0.25) is 0 Å². The zero-order chi connectivity index (χ0) is 9.26. The third kappa shape index (κ3) is 1.53. The van der Waals surface area contributed by atoms with E-state index in [9.17, 15) is 0 Å². The molecule has 1 heterocycles. The fraction of sp³-hybridized carbons (Fsp3) is 0.400. The zero-order valence-corrected chi connectivity index (χ0v) is 7.31. The standard InChI is InChI=1S/C10H13NO2/c11-9-5-7(6-12)13-10-4-2-1-3-8(9)10/h1-4,7,9,12H,5-6,11H2/t7?,9-/m1/s1. The van der Waals surface area contributed by atoms with Crippen molar-refractivity contribution in [3.63, 3.8) is 0 Å². The predicted octanol–water partition coefficient (Wildman–Crippen LogP) is 0.830. The van der Waals surface area contributed by atoms with Gasteiger partial charge in [-0.2, -0.15) is 0 Å². The van der Waals surface area contributed by atoms with Crippen LogP contribution >= 0.6 is 0 Å². The first-order valence-corrected chi connectivity index (χ1v) is 4.43. The van der Waals surface area contributed by atoms with E-state index in [0.29, 0.717) is 6.42 Å². The Balaban J connectivity index is 2.31. The Labute approximate surface area is 77.1 Å². The molecule has 0 saturated carbocycles. The highest BCUT2D eigenvalue weighted by Gasteiger charge is 2.24. The van der Waals surface area contributed by atoms with Crippen molar-refractivity contribution in [1.82, 2.24) is 0 Å². The summed E-state index contributed by atoms with van der Waals surface area (Å²) >= 11 is 0. The molecule has 1 aliphatic rings. The molecule has 1 aliphatic heterocycles. The van der Waals surface area contributed by atoms with Crippen molar-refractivity contribution < 1.29 is 9.84 Å². The van der Waals surface area contributed by atoms with E-state index in [0.717, 1.165) is 11.3 Å². The Hall–Kier alpha value is -1.06. The van der Waals surface area contributed by atoms with Gasteiger partial charge in [0, 0.05) is 18.0 Å². The molecule has 3 nitrogen and oxygen atoms in total. The predicted molar refractivity (Wildman–Crippen MR) is 49.5 cm³/mol. The number of benzene rings is 1. The van der Waals surface area contributed by atoms with Gasteiger partial charge in [0.15, 0.2) is 0 Å². The van der Waals surface area contributed by atoms with Crippen molar-refractivity contribution in [2.75, 3.05) is 6.61 Å². The lowest BCUT2D eigenvalue weighted by atomic mass is 9.98. The molecule has 0 radical (unpaired) electrons. The van der Waals surface area contributed by atoms with Gasteiger partial charge in [0.05, 0.1) is 6.61 Å². The first-order chi connectivity index (χ1) is 6.31. The van der Waals surface area contributed by atoms with E-state index in [-0.39, 0.29) is 18.8 Å². The first-order valence-electron chi connectivity index (χ1n) is 4.43. The van der Waals surface area contributed by atoms with Crippen LogP contribution in [0.4, 0.5) is 0 Å². The van der Waals surface area contributed by atoms with Crippen LogP contribution in [-0.4, -0.2) is 17.8 Å². The number of hydrogen-bond acceptors (Lipinski definition) is 3. The molecular weight excluding hydrogens is 166 g/mol. The Bertz CT molecular complexity index is 301. The maximum atomic E-state index is 8.95. The lowest BCUT2D eigenvalue weighted by Gasteiger charge is -2.28. The van der Waals surface area contributed by atoms with Crippen LogP contribution < -0.4 is 10.5 Å². The summed E-state index contributed by atoms with van der Waals surface area (Å²) in [5.41, 5.74) is 6.96. The second-order valence-electron chi connectivity index (χ2n) is 3.30. The number of nitrogens with two attached hydrogens (primary N) is 1. The zero-order valence-electron chi connectivity index (χ0n) is 7.31. The minimum atomic E-state index is -0.148. The molecule has 0 aromatic heterocycles. The van der Waals surface area contributed by atoms with Gasteiger partial charge >= 0.3 is 0 Å². The number of ether oxygens (including phenoxy) is 1. The quantitative estimate of drug-likeness (QED) is 0.671. The first kappa shape index (κ1) is 8.53. The monoisotopic (exact) mass is 179 g/mol. The number of aliphatic hydroxyl groups excluding tert-OH is 1. The van der Waals surface area contributed by atoms with E-state index in [1.165, 1.54) is 0 Å². The van der Waals surface area contributed by atoms with Gasteiger partial charge in [0.25, 0.3) is 0 Å². The molecule has 0 bridgehead atoms. The van der Waals surface area contributed by atoms with Crippen LogP contribution in [0.15, 0.2) is 24.3 Å². The number of para-hydroxylation sites is 1. The maximum absolute atomic E-state index is 8.95. The van der Waals surface area contributed by atoms with Crippen molar-refractivity contribution in [3.05, 3.63) is 29.8 Å². The van der Waals surface area contributed by atoms with Crippen molar-refractivity contribution in [3.8, 4) is 5.75 Å². The summed E-state index contributed by atoms with van der Waals surface area (Å²) in [7, 11) is 0. The minimum absolute atomic E-state index is 0.0119. The van der Waals surface area contributed by atoms with E-state index in [4.69, 9.17) is 15.6 Å². The summed E-state index contributed by atoms with van der Waals surface area (Å²) in [6, 6.07) is 7.69. The molecule has 70 valence electrons. The summed E-state index contributed by atoms with van der Waals surface area (Å²) < 4.78 is 5.52. The van der Waals surface area contributed by atoms with Crippen molar-refractivity contribution in [2.45, 2.75) is 18.6 Å². The fourth-order valence-electron chi connectivity index (χ4n) is 1.64. The van der Waals surface area contributed by atoms with Crippen LogP contribution in [0.25, 0.3) is 0 Å². The van der Waals surface area contributed by atoms with Crippen LogP contribution in [0.2, 0.25) is 0 Å². The van der Waals surface area contributed by atoms with Crippen molar-refractivity contribution in [1.29, 1.82) is 0 Å². The largest absolute Gasteiger partial charge is 0.488 e. The van der Waals surface area contributed by atoms with Gasteiger partial charge in [-0.1, -0.05) is 18.2 Å². The topological polar surface area (TPSA) is 55.5 Å². The van der Waals surface area contributed by atoms with Gasteiger partial charge in [-0.15, -0.1) is 0 Å². The number of aliphatic hydroxyl groups is 1. The summed E-state index contributed by atoms with van der Waals surface area (Å²) in [4.78, 5) is 0.